The molecule has 0 spiro atoms. The Morgan fingerprint density at radius 1 is 1.20 bits per heavy atom. The molecule has 0 saturated carbocycles. The van der Waals surface area contributed by atoms with Crippen molar-refractivity contribution in [3.63, 3.8) is 0 Å². The third-order valence-electron chi connectivity index (χ3n) is 2.96. The summed E-state index contributed by atoms with van der Waals surface area (Å²) in [5.41, 5.74) is -0.145. The van der Waals surface area contributed by atoms with Crippen molar-refractivity contribution in [3.05, 3.63) is 10.6 Å². The monoisotopic (exact) mass is 298 g/mol. The Kier molecular flexibility index (Phi) is 7.22. The molecule has 5 nitrogen and oxygen atoms in total. The Morgan fingerprint density at radius 2 is 1.85 bits per heavy atom. The lowest BCUT2D eigenvalue weighted by atomic mass is 10.1. The molecule has 1 rings (SSSR count). The highest BCUT2D eigenvalue weighted by molar-refractivity contribution is 7.17. The minimum absolute atomic E-state index is 0.145. The van der Waals surface area contributed by atoms with Crippen LogP contribution in [-0.4, -0.2) is 28.4 Å². The molecule has 0 amide bonds. The van der Waals surface area contributed by atoms with Gasteiger partial charge in [-0.3, -0.25) is 4.79 Å². The molecule has 0 radical (unpaired) electrons. The van der Waals surface area contributed by atoms with Crippen molar-refractivity contribution in [1.82, 2.24) is 4.98 Å². The molecule has 0 aromatic carbocycles. The lowest BCUT2D eigenvalue weighted by Gasteiger charge is -2.02. The lowest BCUT2D eigenvalue weighted by molar-refractivity contribution is 0.0687. The zero-order valence-corrected chi connectivity index (χ0v) is 12.9. The summed E-state index contributed by atoms with van der Waals surface area (Å²) in [7, 11) is 0. The van der Waals surface area contributed by atoms with E-state index in [4.69, 9.17) is 5.11 Å². The maximum atomic E-state index is 11.3. The van der Waals surface area contributed by atoms with Crippen molar-refractivity contribution in [2.75, 3.05) is 11.9 Å². The number of hydrogen-bond donors (Lipinski definition) is 2. The number of carboxylic acids is 1. The van der Waals surface area contributed by atoms with Gasteiger partial charge in [-0.2, -0.15) is 0 Å². The highest BCUT2D eigenvalue weighted by Gasteiger charge is 2.20. The van der Waals surface area contributed by atoms with Crippen molar-refractivity contribution in [2.45, 2.75) is 52.4 Å². The van der Waals surface area contributed by atoms with Gasteiger partial charge in [0.15, 0.2) is 16.6 Å². The summed E-state index contributed by atoms with van der Waals surface area (Å²) in [4.78, 5) is 26.5. The number of nitrogens with one attached hydrogen (secondary N) is 1. The number of carboxylic acid groups (broad SMARTS) is 1. The van der Waals surface area contributed by atoms with Crippen LogP contribution in [0.2, 0.25) is 0 Å². The predicted octanol–water partition coefficient (Wildman–Crippen LogP) is 3.82. The van der Waals surface area contributed by atoms with Crippen molar-refractivity contribution in [2.24, 2.45) is 0 Å². The van der Waals surface area contributed by atoms with E-state index in [2.05, 4.69) is 17.2 Å². The second kappa shape index (κ2) is 8.68. The lowest BCUT2D eigenvalue weighted by Crippen LogP contribution is -2.04. The number of hydrogen-bond acceptors (Lipinski definition) is 5. The highest BCUT2D eigenvalue weighted by atomic mass is 32.1. The Hall–Kier alpha value is -1.43. The van der Waals surface area contributed by atoms with E-state index < -0.39 is 5.97 Å². The summed E-state index contributed by atoms with van der Waals surface area (Å²) in [6, 6.07) is 0. The molecule has 6 heteroatoms. The second-order valence-corrected chi connectivity index (χ2v) is 5.75. The number of aromatic nitrogens is 1. The summed E-state index contributed by atoms with van der Waals surface area (Å²) >= 11 is 1.12. The molecule has 0 saturated heterocycles. The molecular weight excluding hydrogens is 276 g/mol. The first-order valence-corrected chi connectivity index (χ1v) is 7.86. The largest absolute Gasteiger partial charge is 0.476 e. The van der Waals surface area contributed by atoms with E-state index in [1.165, 1.54) is 32.6 Å². The van der Waals surface area contributed by atoms with Crippen LogP contribution in [0.4, 0.5) is 5.13 Å². The van der Waals surface area contributed by atoms with Crippen LogP contribution in [0, 0.1) is 0 Å². The Morgan fingerprint density at radius 3 is 2.40 bits per heavy atom. The summed E-state index contributed by atoms with van der Waals surface area (Å²) in [6.45, 7) is 4.31. The Balaban J connectivity index is 2.39. The summed E-state index contributed by atoms with van der Waals surface area (Å²) in [5, 5.41) is 12.6. The number of ketones is 1. The zero-order chi connectivity index (χ0) is 15.0. The topological polar surface area (TPSA) is 79.3 Å². The Labute approximate surface area is 123 Å². The van der Waals surface area contributed by atoms with E-state index >= 15 is 0 Å². The smallest absolute Gasteiger partial charge is 0.356 e. The molecule has 0 bridgehead atoms. The maximum Gasteiger partial charge on any atom is 0.356 e. The standard InChI is InChI=1S/C14H22N2O3S/c1-3-4-5-6-7-8-9-15-14-16-11(13(18)19)12(20-14)10(2)17/h3-9H2,1-2H3,(H,15,16)(H,18,19). The van der Waals surface area contributed by atoms with Crippen LogP contribution >= 0.6 is 11.3 Å². The van der Waals surface area contributed by atoms with Gasteiger partial charge in [0.05, 0.1) is 0 Å². The van der Waals surface area contributed by atoms with Gasteiger partial charge < -0.3 is 10.4 Å². The summed E-state index contributed by atoms with van der Waals surface area (Å²) in [5.74, 6) is -1.41. The van der Waals surface area contributed by atoms with Crippen LogP contribution in [0.15, 0.2) is 0 Å². The average Bonchev–Trinajstić information content (AvgIpc) is 2.82. The van der Waals surface area contributed by atoms with Gasteiger partial charge in [0, 0.05) is 13.5 Å². The van der Waals surface area contributed by atoms with E-state index in [1.807, 2.05) is 0 Å². The SMILES string of the molecule is CCCCCCCCNc1nc(C(=O)O)c(C(C)=O)s1. The van der Waals surface area contributed by atoms with Gasteiger partial charge in [0.2, 0.25) is 0 Å². The molecule has 0 unspecified atom stereocenters. The van der Waals surface area contributed by atoms with Crippen LogP contribution in [0.25, 0.3) is 0 Å². The van der Waals surface area contributed by atoms with Gasteiger partial charge in [-0.25, -0.2) is 9.78 Å². The first-order chi connectivity index (χ1) is 9.56. The van der Waals surface area contributed by atoms with Gasteiger partial charge in [0.1, 0.15) is 4.88 Å². The van der Waals surface area contributed by atoms with Crippen LogP contribution in [0.5, 0.6) is 0 Å². The third kappa shape index (κ3) is 5.28. The van der Waals surface area contributed by atoms with E-state index in [-0.39, 0.29) is 16.4 Å². The molecule has 1 aromatic rings. The number of Topliss-reactive ketones (excluding diaryl/α,β-unsaturated/α-hetero) is 1. The highest BCUT2D eigenvalue weighted by Crippen LogP contribution is 2.23. The fourth-order valence-corrected chi connectivity index (χ4v) is 2.76. The van der Waals surface area contributed by atoms with Gasteiger partial charge in [-0.1, -0.05) is 50.4 Å². The molecular formula is C14H22N2O3S. The van der Waals surface area contributed by atoms with E-state index in [9.17, 15) is 9.59 Å². The molecule has 0 aliphatic heterocycles. The molecule has 2 N–H and O–H groups in total. The van der Waals surface area contributed by atoms with Gasteiger partial charge in [-0.05, 0) is 6.42 Å². The van der Waals surface area contributed by atoms with E-state index in [0.29, 0.717) is 5.13 Å². The number of thiazole rings is 1. The third-order valence-corrected chi connectivity index (χ3v) is 4.07. The van der Waals surface area contributed by atoms with Crippen LogP contribution < -0.4 is 5.32 Å². The average molecular weight is 298 g/mol. The van der Waals surface area contributed by atoms with Crippen LogP contribution in [-0.2, 0) is 0 Å². The van der Waals surface area contributed by atoms with E-state index in [1.54, 1.807) is 0 Å². The number of unbranched alkanes of at least 4 members (excludes halogenated alkanes) is 5. The van der Waals surface area contributed by atoms with Crippen LogP contribution in [0.3, 0.4) is 0 Å². The fourth-order valence-electron chi connectivity index (χ4n) is 1.88. The Bertz CT molecular complexity index is 426. The molecule has 112 valence electrons. The number of anilines is 1. The number of carbonyl (C=O) groups is 2. The molecule has 0 fully saturated rings. The fraction of sp³-hybridized carbons (Fsp3) is 0.643. The number of carbonyl (C=O) groups excluding carboxylic acids is 1. The molecule has 20 heavy (non-hydrogen) atoms. The molecule has 1 aromatic heterocycles. The minimum atomic E-state index is -1.15. The predicted molar refractivity (Wildman–Crippen MR) is 80.9 cm³/mol. The summed E-state index contributed by atoms with van der Waals surface area (Å²) in [6.07, 6.45) is 7.20. The minimum Gasteiger partial charge on any atom is -0.476 e. The molecule has 0 atom stereocenters. The zero-order valence-electron chi connectivity index (χ0n) is 12.1. The van der Waals surface area contributed by atoms with E-state index in [0.717, 1.165) is 30.7 Å². The van der Waals surface area contributed by atoms with Gasteiger partial charge >= 0.3 is 5.97 Å². The quantitative estimate of drug-likeness (QED) is 0.507. The van der Waals surface area contributed by atoms with Crippen molar-refractivity contribution < 1.29 is 14.7 Å². The number of rotatable bonds is 10. The van der Waals surface area contributed by atoms with Gasteiger partial charge in [0.25, 0.3) is 0 Å². The first kappa shape index (κ1) is 16.6. The van der Waals surface area contributed by atoms with Gasteiger partial charge in [-0.15, -0.1) is 0 Å². The molecule has 0 aliphatic carbocycles. The second-order valence-electron chi connectivity index (χ2n) is 4.75. The molecule has 0 aliphatic rings. The normalized spacial score (nSPS) is 10.5. The summed E-state index contributed by atoms with van der Waals surface area (Å²) < 4.78 is 0. The van der Waals surface area contributed by atoms with Crippen LogP contribution in [0.1, 0.15) is 72.5 Å². The maximum absolute atomic E-state index is 11.3. The number of nitrogens with zero attached hydrogens (tertiary/aromatic N) is 1. The first-order valence-electron chi connectivity index (χ1n) is 7.05. The number of aromatic carboxylic acids is 1. The van der Waals surface area contributed by atoms with Crippen molar-refractivity contribution in [3.8, 4) is 0 Å². The molecule has 1 heterocycles. The van der Waals surface area contributed by atoms with Crippen molar-refractivity contribution >= 4 is 28.2 Å². The van der Waals surface area contributed by atoms with Crippen molar-refractivity contribution in [1.29, 1.82) is 0 Å².